The van der Waals surface area contributed by atoms with E-state index in [1.165, 1.54) is 6.20 Å². The molecule has 2 heterocycles. The first-order chi connectivity index (χ1) is 9.79. The molecule has 112 valence electrons. The first-order valence-corrected chi connectivity index (χ1v) is 7.54. The second-order valence-corrected chi connectivity index (χ2v) is 6.21. The first-order valence-electron chi connectivity index (χ1n) is 5.68. The van der Waals surface area contributed by atoms with Crippen molar-refractivity contribution in [1.82, 2.24) is 14.8 Å². The van der Waals surface area contributed by atoms with Gasteiger partial charge in [0.05, 0.1) is 11.9 Å². The van der Waals surface area contributed by atoms with Gasteiger partial charge in [-0.2, -0.15) is 5.10 Å². The molecule has 8 nitrogen and oxygen atoms in total. The predicted octanol–water partition coefficient (Wildman–Crippen LogP) is 1.13. The second kappa shape index (κ2) is 5.70. The number of aryl methyl sites for hydroxylation is 1. The normalized spacial score (nSPS) is 11.3. The Morgan fingerprint density at radius 1 is 1.52 bits per heavy atom. The van der Waals surface area contributed by atoms with Gasteiger partial charge in [-0.3, -0.25) is 14.2 Å². The number of rotatable bonds is 5. The Kier molecular flexibility index (Phi) is 4.14. The fourth-order valence-corrected chi connectivity index (χ4v) is 2.95. The number of pyridine rings is 1. The van der Waals surface area contributed by atoms with Crippen molar-refractivity contribution in [2.75, 3.05) is 4.72 Å². The van der Waals surface area contributed by atoms with E-state index in [-0.39, 0.29) is 15.7 Å². The van der Waals surface area contributed by atoms with Gasteiger partial charge in [0.2, 0.25) is 0 Å². The van der Waals surface area contributed by atoms with Crippen LogP contribution >= 0.6 is 11.6 Å². The molecule has 2 aromatic heterocycles. The fourth-order valence-electron chi connectivity index (χ4n) is 1.55. The van der Waals surface area contributed by atoms with Crippen LogP contribution in [0.4, 0.5) is 5.69 Å². The standard InChI is InChI=1S/C11H11ClN4O4S/c1-7-2-3-13-11(12)10(7)15-21(19,20)8-4-14-16(5-8)6-9(17)18/h2-5,15H,6H2,1H3,(H,17,18). The zero-order valence-corrected chi connectivity index (χ0v) is 12.4. The Balaban J connectivity index is 2.30. The van der Waals surface area contributed by atoms with Crippen LogP contribution in [-0.2, 0) is 21.4 Å². The summed E-state index contributed by atoms with van der Waals surface area (Å²) < 4.78 is 27.7. The number of carboxylic acids is 1. The molecule has 0 amide bonds. The molecule has 0 radical (unpaired) electrons. The molecular weight excluding hydrogens is 320 g/mol. The lowest BCUT2D eigenvalue weighted by Gasteiger charge is -2.09. The molecule has 0 saturated carbocycles. The summed E-state index contributed by atoms with van der Waals surface area (Å²) in [6.45, 7) is 1.25. The van der Waals surface area contributed by atoms with Gasteiger partial charge in [-0.1, -0.05) is 11.6 Å². The van der Waals surface area contributed by atoms with Crippen LogP contribution in [0.25, 0.3) is 0 Å². The number of hydrogen-bond acceptors (Lipinski definition) is 5. The Morgan fingerprint density at radius 2 is 2.24 bits per heavy atom. The van der Waals surface area contributed by atoms with E-state index in [1.807, 2.05) is 0 Å². The van der Waals surface area contributed by atoms with Crippen molar-refractivity contribution in [3.05, 3.63) is 35.4 Å². The number of aromatic nitrogens is 3. The van der Waals surface area contributed by atoms with E-state index in [9.17, 15) is 13.2 Å². The average Bonchev–Trinajstić information content (AvgIpc) is 2.82. The van der Waals surface area contributed by atoms with Gasteiger partial charge in [-0.15, -0.1) is 0 Å². The lowest BCUT2D eigenvalue weighted by Crippen LogP contribution is -2.14. The Morgan fingerprint density at radius 3 is 2.86 bits per heavy atom. The molecule has 0 aliphatic rings. The number of carbonyl (C=O) groups is 1. The monoisotopic (exact) mass is 330 g/mol. The van der Waals surface area contributed by atoms with Crippen molar-refractivity contribution >= 4 is 33.3 Å². The van der Waals surface area contributed by atoms with Gasteiger partial charge in [0, 0.05) is 12.4 Å². The maximum Gasteiger partial charge on any atom is 0.325 e. The molecule has 0 fully saturated rings. The fraction of sp³-hybridized carbons (Fsp3) is 0.182. The van der Waals surface area contributed by atoms with Crippen LogP contribution in [0.3, 0.4) is 0 Å². The summed E-state index contributed by atoms with van der Waals surface area (Å²) in [4.78, 5) is 14.2. The molecule has 21 heavy (non-hydrogen) atoms. The molecule has 0 atom stereocenters. The number of nitrogens with one attached hydrogen (secondary N) is 1. The third-order valence-corrected chi connectivity index (χ3v) is 4.16. The molecule has 2 rings (SSSR count). The van der Waals surface area contributed by atoms with Crippen molar-refractivity contribution in [3.8, 4) is 0 Å². The number of nitrogens with zero attached hydrogens (tertiary/aromatic N) is 3. The summed E-state index contributed by atoms with van der Waals surface area (Å²) in [5.74, 6) is -1.12. The molecular formula is C11H11ClN4O4S. The van der Waals surface area contributed by atoms with Gasteiger partial charge in [-0.25, -0.2) is 13.4 Å². The van der Waals surface area contributed by atoms with E-state index in [2.05, 4.69) is 14.8 Å². The number of carboxylic acid groups (broad SMARTS) is 1. The van der Waals surface area contributed by atoms with Crippen LogP contribution in [0.2, 0.25) is 5.15 Å². The third kappa shape index (κ3) is 3.50. The van der Waals surface area contributed by atoms with E-state index >= 15 is 0 Å². The van der Waals surface area contributed by atoms with Crippen molar-refractivity contribution in [3.63, 3.8) is 0 Å². The molecule has 0 aliphatic heterocycles. The maximum absolute atomic E-state index is 12.2. The van der Waals surface area contributed by atoms with Crippen molar-refractivity contribution in [1.29, 1.82) is 0 Å². The number of hydrogen-bond donors (Lipinski definition) is 2. The Hall–Kier alpha value is -2.13. The molecule has 0 bridgehead atoms. The Bertz CT molecular complexity index is 767. The summed E-state index contributed by atoms with van der Waals surface area (Å²) in [7, 11) is -3.92. The summed E-state index contributed by atoms with van der Waals surface area (Å²) in [6, 6.07) is 1.61. The van der Waals surface area contributed by atoms with Gasteiger partial charge in [0.15, 0.2) is 5.15 Å². The number of sulfonamides is 1. The van der Waals surface area contributed by atoms with Crippen molar-refractivity contribution in [2.24, 2.45) is 0 Å². The minimum Gasteiger partial charge on any atom is -0.480 e. The molecule has 0 unspecified atom stereocenters. The Labute approximate surface area is 125 Å². The summed E-state index contributed by atoms with van der Waals surface area (Å²) in [6.07, 6.45) is 3.64. The molecule has 0 spiro atoms. The van der Waals surface area contributed by atoms with Crippen LogP contribution in [0.15, 0.2) is 29.6 Å². The van der Waals surface area contributed by atoms with E-state index in [4.69, 9.17) is 16.7 Å². The SMILES string of the molecule is Cc1ccnc(Cl)c1NS(=O)(=O)c1cnn(CC(=O)O)c1. The highest BCUT2D eigenvalue weighted by Crippen LogP contribution is 2.25. The lowest BCUT2D eigenvalue weighted by atomic mass is 10.3. The smallest absolute Gasteiger partial charge is 0.325 e. The highest BCUT2D eigenvalue weighted by atomic mass is 35.5. The molecule has 0 aromatic carbocycles. The minimum atomic E-state index is -3.92. The summed E-state index contributed by atoms with van der Waals surface area (Å²) in [5.41, 5.74) is 0.779. The lowest BCUT2D eigenvalue weighted by molar-refractivity contribution is -0.137. The third-order valence-electron chi connectivity index (χ3n) is 2.57. The van der Waals surface area contributed by atoms with Crippen LogP contribution in [0, 0.1) is 6.92 Å². The van der Waals surface area contributed by atoms with Gasteiger partial charge < -0.3 is 5.11 Å². The van der Waals surface area contributed by atoms with Crippen LogP contribution in [0.1, 0.15) is 5.56 Å². The largest absolute Gasteiger partial charge is 0.480 e. The van der Waals surface area contributed by atoms with Crippen LogP contribution in [0.5, 0.6) is 0 Å². The average molecular weight is 331 g/mol. The van der Waals surface area contributed by atoms with Gasteiger partial charge >= 0.3 is 5.97 Å². The zero-order chi connectivity index (χ0) is 15.6. The molecule has 2 N–H and O–H groups in total. The highest BCUT2D eigenvalue weighted by molar-refractivity contribution is 7.92. The predicted molar refractivity (Wildman–Crippen MR) is 74.7 cm³/mol. The molecule has 0 saturated heterocycles. The van der Waals surface area contributed by atoms with E-state index < -0.39 is 22.5 Å². The maximum atomic E-state index is 12.2. The highest BCUT2D eigenvalue weighted by Gasteiger charge is 2.20. The van der Waals surface area contributed by atoms with Gasteiger partial charge in [-0.05, 0) is 18.6 Å². The van der Waals surface area contributed by atoms with Crippen LogP contribution < -0.4 is 4.72 Å². The quantitative estimate of drug-likeness (QED) is 0.794. The van der Waals surface area contributed by atoms with E-state index in [0.29, 0.717) is 5.56 Å². The second-order valence-electron chi connectivity index (χ2n) is 4.17. The van der Waals surface area contributed by atoms with E-state index in [0.717, 1.165) is 17.1 Å². The zero-order valence-electron chi connectivity index (χ0n) is 10.8. The first kappa shape index (κ1) is 15.3. The number of aliphatic carboxylic acids is 1. The number of halogens is 1. The van der Waals surface area contributed by atoms with Gasteiger partial charge in [0.1, 0.15) is 11.4 Å². The minimum absolute atomic E-state index is 0.0245. The molecule has 2 aromatic rings. The van der Waals surface area contributed by atoms with Crippen molar-refractivity contribution < 1.29 is 18.3 Å². The van der Waals surface area contributed by atoms with Crippen molar-refractivity contribution in [2.45, 2.75) is 18.4 Å². The van der Waals surface area contributed by atoms with Crippen LogP contribution in [-0.4, -0.2) is 34.3 Å². The molecule has 10 heteroatoms. The van der Waals surface area contributed by atoms with E-state index in [1.54, 1.807) is 13.0 Å². The van der Waals surface area contributed by atoms with Gasteiger partial charge in [0.25, 0.3) is 10.0 Å². The topological polar surface area (TPSA) is 114 Å². The molecule has 0 aliphatic carbocycles. The number of anilines is 1. The summed E-state index contributed by atoms with van der Waals surface area (Å²) >= 11 is 5.86. The summed E-state index contributed by atoms with van der Waals surface area (Å²) in [5, 5.41) is 12.3.